The van der Waals surface area contributed by atoms with Crippen LogP contribution < -0.4 is 0 Å². The molecule has 1 heterocycles. The summed E-state index contributed by atoms with van der Waals surface area (Å²) in [6, 6.07) is 5.54. The summed E-state index contributed by atoms with van der Waals surface area (Å²) in [6.07, 6.45) is -0.637. The van der Waals surface area contributed by atoms with Gasteiger partial charge in [-0.05, 0) is 67.0 Å². The lowest BCUT2D eigenvalue weighted by atomic mass is 10.1. The molecule has 3 atom stereocenters. The fourth-order valence-corrected chi connectivity index (χ4v) is 4.11. The number of halogens is 2. The van der Waals surface area contributed by atoms with Gasteiger partial charge in [0.15, 0.2) is 8.32 Å². The largest absolute Gasteiger partial charge is 0.591 e. The Morgan fingerprint density at radius 2 is 1.89 bits per heavy atom. The van der Waals surface area contributed by atoms with Crippen molar-refractivity contribution in [1.82, 2.24) is 4.98 Å². The van der Waals surface area contributed by atoms with Crippen LogP contribution in [0.5, 0.6) is 0 Å². The summed E-state index contributed by atoms with van der Waals surface area (Å²) in [5, 5.41) is -0.00903. The quantitative estimate of drug-likeness (QED) is 0.203. The Hall–Kier alpha value is -0.283. The fraction of sp³-hybridized carbons (Fsp3) is 0.684. The SMILES string of the molecule is CC(C)(C)[S+]([O-])N=CC(F)CC(O[Si](C)(C)C(C)(C)C)c1cccc(Br)n1. The van der Waals surface area contributed by atoms with Gasteiger partial charge in [-0.2, -0.15) is 0 Å². The van der Waals surface area contributed by atoms with Crippen LogP contribution in [0.25, 0.3) is 0 Å². The first-order valence-corrected chi connectivity index (χ1v) is 13.8. The predicted octanol–water partition coefficient (Wildman–Crippen LogP) is 6.17. The van der Waals surface area contributed by atoms with E-state index >= 15 is 0 Å². The van der Waals surface area contributed by atoms with Crippen LogP contribution in [0.3, 0.4) is 0 Å². The van der Waals surface area contributed by atoms with E-state index in [-0.39, 0.29) is 11.5 Å². The summed E-state index contributed by atoms with van der Waals surface area (Å²) in [4.78, 5) is 4.47. The minimum atomic E-state index is -2.14. The van der Waals surface area contributed by atoms with Crippen molar-refractivity contribution >= 4 is 41.8 Å². The third-order valence-electron chi connectivity index (χ3n) is 4.59. The van der Waals surface area contributed by atoms with E-state index in [0.29, 0.717) is 10.3 Å². The van der Waals surface area contributed by atoms with E-state index in [4.69, 9.17) is 4.43 Å². The van der Waals surface area contributed by atoms with Gasteiger partial charge in [0.05, 0.1) is 18.0 Å². The van der Waals surface area contributed by atoms with Crippen molar-refractivity contribution < 1.29 is 13.4 Å². The molecule has 1 rings (SSSR count). The first-order chi connectivity index (χ1) is 12.1. The number of hydrogen-bond donors (Lipinski definition) is 0. The van der Waals surface area contributed by atoms with Gasteiger partial charge < -0.3 is 8.98 Å². The molecule has 0 saturated carbocycles. The van der Waals surface area contributed by atoms with Gasteiger partial charge in [-0.15, -0.1) is 0 Å². The van der Waals surface area contributed by atoms with Gasteiger partial charge in [0, 0.05) is 6.42 Å². The van der Waals surface area contributed by atoms with E-state index in [0.717, 1.165) is 6.21 Å². The minimum Gasteiger partial charge on any atom is -0.591 e. The molecule has 1 aromatic heterocycles. The lowest BCUT2D eigenvalue weighted by Gasteiger charge is -2.39. The van der Waals surface area contributed by atoms with Crippen LogP contribution in [0.2, 0.25) is 18.1 Å². The van der Waals surface area contributed by atoms with Crippen molar-refractivity contribution in [1.29, 1.82) is 0 Å². The standard InChI is InChI=1S/C19H32BrFN2O2SSi/c1-18(2,3)26(24)22-13-14(21)12-16(15-10-9-11-17(20)23-15)25-27(7,8)19(4,5)6/h9-11,13-14,16H,12H2,1-8H3. The lowest BCUT2D eigenvalue weighted by Crippen LogP contribution is -2.42. The van der Waals surface area contributed by atoms with Crippen LogP contribution in [-0.2, 0) is 15.8 Å². The van der Waals surface area contributed by atoms with E-state index in [1.165, 1.54) is 0 Å². The molecule has 8 heteroatoms. The highest BCUT2D eigenvalue weighted by Crippen LogP contribution is 2.40. The zero-order chi connectivity index (χ0) is 21.0. The van der Waals surface area contributed by atoms with E-state index in [1.54, 1.807) is 0 Å². The van der Waals surface area contributed by atoms with E-state index in [2.05, 4.69) is 59.2 Å². The summed E-state index contributed by atoms with van der Waals surface area (Å²) >= 11 is 1.89. The summed E-state index contributed by atoms with van der Waals surface area (Å²) in [5.74, 6) is 0. The van der Waals surface area contributed by atoms with E-state index in [9.17, 15) is 8.94 Å². The molecule has 0 saturated heterocycles. The molecule has 0 spiro atoms. The minimum absolute atomic E-state index is 0.00903. The number of pyridine rings is 1. The molecule has 0 aromatic carbocycles. The Balaban J connectivity index is 3.04. The second-order valence-electron chi connectivity index (χ2n) is 9.12. The van der Waals surface area contributed by atoms with Crippen molar-refractivity contribution in [2.75, 3.05) is 0 Å². The van der Waals surface area contributed by atoms with E-state index in [1.807, 2.05) is 39.0 Å². The molecule has 1 aromatic rings. The van der Waals surface area contributed by atoms with Crippen LogP contribution in [-0.4, -0.2) is 35.0 Å². The third kappa shape index (κ3) is 7.93. The number of alkyl halides is 1. The molecule has 4 nitrogen and oxygen atoms in total. The average Bonchev–Trinajstić information content (AvgIpc) is 2.49. The molecule has 0 fully saturated rings. The Morgan fingerprint density at radius 1 is 1.30 bits per heavy atom. The maximum absolute atomic E-state index is 14.7. The van der Waals surface area contributed by atoms with E-state index < -0.39 is 36.7 Å². The fourth-order valence-electron chi connectivity index (χ4n) is 1.91. The molecule has 27 heavy (non-hydrogen) atoms. The van der Waals surface area contributed by atoms with Gasteiger partial charge in [0.1, 0.15) is 26.9 Å². The van der Waals surface area contributed by atoms with Crippen molar-refractivity contribution in [2.45, 2.75) is 83.1 Å². The maximum Gasteiger partial charge on any atom is 0.192 e. The molecule has 0 amide bonds. The zero-order valence-electron chi connectivity index (χ0n) is 17.5. The highest BCUT2D eigenvalue weighted by atomic mass is 79.9. The Kier molecular flexibility index (Phi) is 8.69. The highest BCUT2D eigenvalue weighted by molar-refractivity contribution is 9.10. The van der Waals surface area contributed by atoms with Crippen molar-refractivity contribution in [3.63, 3.8) is 0 Å². The monoisotopic (exact) mass is 478 g/mol. The smallest absolute Gasteiger partial charge is 0.192 e. The molecule has 0 N–H and O–H groups in total. The molecule has 0 radical (unpaired) electrons. The molecule has 0 bridgehead atoms. The van der Waals surface area contributed by atoms with Gasteiger partial charge in [-0.3, -0.25) is 0 Å². The first-order valence-electron chi connectivity index (χ1n) is 9.04. The Bertz CT molecular complexity index is 647. The Labute approximate surface area is 176 Å². The maximum atomic E-state index is 14.7. The number of aromatic nitrogens is 1. The zero-order valence-corrected chi connectivity index (χ0v) is 20.9. The number of nitrogens with zero attached hydrogens (tertiary/aromatic N) is 2. The van der Waals surface area contributed by atoms with Crippen LogP contribution in [0.1, 0.15) is 59.8 Å². The molecular weight excluding hydrogens is 447 g/mol. The molecule has 3 unspecified atom stereocenters. The van der Waals surface area contributed by atoms with Gasteiger partial charge in [-0.1, -0.05) is 31.2 Å². The average molecular weight is 480 g/mol. The van der Waals surface area contributed by atoms with Crippen molar-refractivity contribution in [2.24, 2.45) is 4.40 Å². The molecule has 154 valence electrons. The number of rotatable bonds is 7. The lowest BCUT2D eigenvalue weighted by molar-refractivity contribution is 0.148. The van der Waals surface area contributed by atoms with Crippen molar-refractivity contribution in [3.05, 3.63) is 28.5 Å². The highest BCUT2D eigenvalue weighted by Gasteiger charge is 2.40. The summed E-state index contributed by atoms with van der Waals surface area (Å²) < 4.78 is 37.2. The van der Waals surface area contributed by atoms with Gasteiger partial charge in [-0.25, -0.2) is 9.37 Å². The van der Waals surface area contributed by atoms with Crippen LogP contribution >= 0.6 is 15.9 Å². The first kappa shape index (κ1) is 24.8. The summed E-state index contributed by atoms with van der Waals surface area (Å²) in [5.41, 5.74) is 0.683. The van der Waals surface area contributed by atoms with Crippen LogP contribution in [0.4, 0.5) is 4.39 Å². The second kappa shape index (κ2) is 9.48. The molecular formula is C19H32BrFN2O2SSi. The Morgan fingerprint density at radius 3 is 2.37 bits per heavy atom. The summed E-state index contributed by atoms with van der Waals surface area (Å²) in [6.45, 7) is 16.1. The van der Waals surface area contributed by atoms with Gasteiger partial charge in [0.2, 0.25) is 0 Å². The molecule has 0 aliphatic carbocycles. The normalized spacial score (nSPS) is 17.1. The third-order valence-corrected chi connectivity index (χ3v) is 10.9. The second-order valence-corrected chi connectivity index (χ2v) is 16.6. The van der Waals surface area contributed by atoms with Crippen molar-refractivity contribution in [3.8, 4) is 0 Å². The summed E-state index contributed by atoms with van der Waals surface area (Å²) in [7, 11) is -2.14. The van der Waals surface area contributed by atoms with Crippen LogP contribution in [0.15, 0.2) is 27.2 Å². The molecule has 0 aliphatic rings. The predicted molar refractivity (Wildman–Crippen MR) is 119 cm³/mol. The van der Waals surface area contributed by atoms with Crippen LogP contribution in [0, 0.1) is 0 Å². The molecule has 0 aliphatic heterocycles. The number of hydrogen-bond acceptors (Lipinski definition) is 4. The topological polar surface area (TPSA) is 57.5 Å². The van der Waals surface area contributed by atoms with Gasteiger partial charge in [0.25, 0.3) is 0 Å². The van der Waals surface area contributed by atoms with Gasteiger partial charge >= 0.3 is 0 Å².